The van der Waals surface area contributed by atoms with Crippen LogP contribution in [0.25, 0.3) is 0 Å². The molecule has 8 heteroatoms. The maximum absolute atomic E-state index is 12.1. The third-order valence-electron chi connectivity index (χ3n) is 2.70. The van der Waals surface area contributed by atoms with Crippen molar-refractivity contribution < 1.29 is 22.6 Å². The van der Waals surface area contributed by atoms with Gasteiger partial charge >= 0.3 is 6.18 Å². The number of nitrogens with one attached hydrogen (secondary N) is 1. The Labute approximate surface area is 116 Å². The Kier molecular flexibility index (Phi) is 6.28. The van der Waals surface area contributed by atoms with Gasteiger partial charge in [-0.05, 0) is 13.5 Å². The van der Waals surface area contributed by atoms with Gasteiger partial charge in [-0.25, -0.2) is 0 Å². The SMILES string of the molecule is CCNC(COCC(F)(F)F)c1c(OC)cnn1CC. The summed E-state index contributed by atoms with van der Waals surface area (Å²) in [4.78, 5) is 0. The van der Waals surface area contributed by atoms with Gasteiger partial charge < -0.3 is 14.8 Å². The Balaban J connectivity index is 2.81. The van der Waals surface area contributed by atoms with Crippen LogP contribution < -0.4 is 10.1 Å². The lowest BCUT2D eigenvalue weighted by Gasteiger charge is -2.20. The van der Waals surface area contributed by atoms with Gasteiger partial charge in [0.05, 0.1) is 31.6 Å². The summed E-state index contributed by atoms with van der Waals surface area (Å²) in [5, 5.41) is 7.23. The highest BCUT2D eigenvalue weighted by atomic mass is 19.4. The monoisotopic (exact) mass is 295 g/mol. The predicted octanol–water partition coefficient (Wildman–Crippen LogP) is 2.14. The van der Waals surface area contributed by atoms with E-state index >= 15 is 0 Å². The minimum absolute atomic E-state index is 0.102. The molecule has 0 saturated carbocycles. The number of aryl methyl sites for hydroxylation is 1. The number of aromatic nitrogens is 2. The molecule has 1 aromatic rings. The summed E-state index contributed by atoms with van der Waals surface area (Å²) < 4.78 is 48.0. The third kappa shape index (κ3) is 4.68. The molecule has 0 aliphatic carbocycles. The zero-order valence-electron chi connectivity index (χ0n) is 11.8. The van der Waals surface area contributed by atoms with E-state index in [0.29, 0.717) is 24.5 Å². The van der Waals surface area contributed by atoms with Gasteiger partial charge in [0.2, 0.25) is 0 Å². The van der Waals surface area contributed by atoms with Gasteiger partial charge in [-0.1, -0.05) is 6.92 Å². The average molecular weight is 295 g/mol. The Hall–Kier alpha value is -1.28. The van der Waals surface area contributed by atoms with Crippen LogP contribution in [-0.2, 0) is 11.3 Å². The van der Waals surface area contributed by atoms with E-state index < -0.39 is 18.8 Å². The molecule has 1 atom stereocenters. The number of rotatable bonds is 8. The number of hydrogen-bond acceptors (Lipinski definition) is 4. The standard InChI is InChI=1S/C12H20F3N3O2/c1-4-16-9(7-20-8-12(13,14)15)11-10(19-3)6-17-18(11)5-2/h6,9,16H,4-5,7-8H2,1-3H3. The molecule has 5 nitrogen and oxygen atoms in total. The van der Waals surface area contributed by atoms with Gasteiger partial charge in [0.25, 0.3) is 0 Å². The van der Waals surface area contributed by atoms with Crippen molar-refractivity contribution in [3.63, 3.8) is 0 Å². The quantitative estimate of drug-likeness (QED) is 0.798. The van der Waals surface area contributed by atoms with E-state index in [9.17, 15) is 13.2 Å². The fourth-order valence-corrected chi connectivity index (χ4v) is 1.91. The molecule has 1 aromatic heterocycles. The van der Waals surface area contributed by atoms with Crippen molar-refractivity contribution in [1.82, 2.24) is 15.1 Å². The molecular weight excluding hydrogens is 275 g/mol. The zero-order chi connectivity index (χ0) is 15.2. The van der Waals surface area contributed by atoms with E-state index in [0.717, 1.165) is 0 Å². The number of nitrogens with zero attached hydrogens (tertiary/aromatic N) is 2. The maximum atomic E-state index is 12.1. The number of likely N-dealkylation sites (N-methyl/N-ethyl adjacent to an activating group) is 1. The van der Waals surface area contributed by atoms with Crippen molar-refractivity contribution in [2.45, 2.75) is 32.6 Å². The van der Waals surface area contributed by atoms with Crippen LogP contribution in [0.4, 0.5) is 13.2 Å². The van der Waals surface area contributed by atoms with Gasteiger partial charge in [0, 0.05) is 6.54 Å². The van der Waals surface area contributed by atoms with Crippen LogP contribution in [0.1, 0.15) is 25.6 Å². The highest BCUT2D eigenvalue weighted by Gasteiger charge is 2.29. The lowest BCUT2D eigenvalue weighted by Crippen LogP contribution is -2.30. The van der Waals surface area contributed by atoms with E-state index in [1.54, 1.807) is 10.9 Å². The Morgan fingerprint density at radius 3 is 2.60 bits per heavy atom. The Morgan fingerprint density at radius 2 is 2.10 bits per heavy atom. The van der Waals surface area contributed by atoms with Crippen molar-refractivity contribution in [2.24, 2.45) is 0 Å². The molecule has 0 saturated heterocycles. The molecule has 0 spiro atoms. The molecule has 0 amide bonds. The molecule has 1 rings (SSSR count). The van der Waals surface area contributed by atoms with E-state index in [1.165, 1.54) is 7.11 Å². The normalized spacial score (nSPS) is 13.5. The summed E-state index contributed by atoms with van der Waals surface area (Å²) in [5.41, 5.74) is 0.694. The summed E-state index contributed by atoms with van der Waals surface area (Å²) in [6.07, 6.45) is -2.78. The van der Waals surface area contributed by atoms with Crippen LogP contribution in [-0.4, -0.2) is 42.8 Å². The fourth-order valence-electron chi connectivity index (χ4n) is 1.91. The van der Waals surface area contributed by atoms with Gasteiger partial charge in [-0.2, -0.15) is 18.3 Å². The van der Waals surface area contributed by atoms with Crippen molar-refractivity contribution in [3.05, 3.63) is 11.9 Å². The number of hydrogen-bond donors (Lipinski definition) is 1. The van der Waals surface area contributed by atoms with E-state index in [-0.39, 0.29) is 6.61 Å². The molecule has 0 aliphatic heterocycles. The second-order valence-corrected chi connectivity index (χ2v) is 4.15. The second-order valence-electron chi connectivity index (χ2n) is 4.15. The van der Waals surface area contributed by atoms with Crippen molar-refractivity contribution in [2.75, 3.05) is 26.9 Å². The first-order valence-electron chi connectivity index (χ1n) is 6.40. The second kappa shape index (κ2) is 7.49. The molecule has 0 radical (unpaired) electrons. The van der Waals surface area contributed by atoms with Gasteiger partial charge in [-0.3, -0.25) is 4.68 Å². The first-order valence-corrected chi connectivity index (χ1v) is 6.40. The molecule has 1 unspecified atom stereocenters. The highest BCUT2D eigenvalue weighted by Crippen LogP contribution is 2.26. The number of halogens is 3. The van der Waals surface area contributed by atoms with Crippen molar-refractivity contribution in [3.8, 4) is 5.75 Å². The first-order chi connectivity index (χ1) is 9.42. The minimum Gasteiger partial charge on any atom is -0.493 e. The molecule has 0 fully saturated rings. The third-order valence-corrected chi connectivity index (χ3v) is 2.70. The highest BCUT2D eigenvalue weighted by molar-refractivity contribution is 5.28. The Bertz CT molecular complexity index is 386. The smallest absolute Gasteiger partial charge is 0.411 e. The number of methoxy groups -OCH3 is 1. The van der Waals surface area contributed by atoms with Crippen LogP contribution in [0.3, 0.4) is 0 Å². The topological polar surface area (TPSA) is 48.3 Å². The van der Waals surface area contributed by atoms with E-state index in [1.807, 2.05) is 13.8 Å². The summed E-state index contributed by atoms with van der Waals surface area (Å²) in [6, 6.07) is -0.403. The van der Waals surface area contributed by atoms with Crippen molar-refractivity contribution >= 4 is 0 Å². The summed E-state index contributed by atoms with van der Waals surface area (Å²) >= 11 is 0. The molecular formula is C12H20F3N3O2. The molecule has 1 N–H and O–H groups in total. The van der Waals surface area contributed by atoms with Crippen LogP contribution in [0.15, 0.2) is 6.20 Å². The van der Waals surface area contributed by atoms with E-state index in [4.69, 9.17) is 9.47 Å². The predicted molar refractivity (Wildman–Crippen MR) is 67.7 cm³/mol. The lowest BCUT2D eigenvalue weighted by molar-refractivity contribution is -0.175. The number of ether oxygens (including phenoxy) is 2. The fraction of sp³-hybridized carbons (Fsp3) is 0.750. The first kappa shape index (κ1) is 16.8. The minimum atomic E-state index is -4.33. The largest absolute Gasteiger partial charge is 0.493 e. The molecule has 0 aromatic carbocycles. The Morgan fingerprint density at radius 1 is 1.40 bits per heavy atom. The van der Waals surface area contributed by atoms with Gasteiger partial charge in [-0.15, -0.1) is 0 Å². The van der Waals surface area contributed by atoms with Crippen molar-refractivity contribution in [1.29, 1.82) is 0 Å². The molecule has 0 bridgehead atoms. The lowest BCUT2D eigenvalue weighted by atomic mass is 10.2. The summed E-state index contributed by atoms with van der Waals surface area (Å²) in [6.45, 7) is 3.59. The molecule has 20 heavy (non-hydrogen) atoms. The molecule has 1 heterocycles. The molecule has 116 valence electrons. The zero-order valence-corrected chi connectivity index (χ0v) is 11.8. The van der Waals surface area contributed by atoms with Crippen LogP contribution >= 0.6 is 0 Å². The van der Waals surface area contributed by atoms with Crippen LogP contribution in [0, 0.1) is 0 Å². The molecule has 0 aliphatic rings. The average Bonchev–Trinajstić information content (AvgIpc) is 2.79. The van der Waals surface area contributed by atoms with Gasteiger partial charge in [0.1, 0.15) is 6.61 Å². The van der Waals surface area contributed by atoms with Crippen LogP contribution in [0.5, 0.6) is 5.75 Å². The summed E-state index contributed by atoms with van der Waals surface area (Å²) in [5.74, 6) is 0.536. The number of alkyl halides is 3. The van der Waals surface area contributed by atoms with Gasteiger partial charge in [0.15, 0.2) is 5.75 Å². The summed E-state index contributed by atoms with van der Waals surface area (Å²) in [7, 11) is 1.50. The van der Waals surface area contributed by atoms with Crippen LogP contribution in [0.2, 0.25) is 0 Å². The van der Waals surface area contributed by atoms with E-state index in [2.05, 4.69) is 10.4 Å². The maximum Gasteiger partial charge on any atom is 0.411 e.